The van der Waals surface area contributed by atoms with Crippen molar-refractivity contribution in [3.05, 3.63) is 54.1 Å². The summed E-state index contributed by atoms with van der Waals surface area (Å²) < 4.78 is 2.06. The summed E-state index contributed by atoms with van der Waals surface area (Å²) in [7, 11) is 5.69. The van der Waals surface area contributed by atoms with Crippen molar-refractivity contribution < 1.29 is 4.79 Å². The van der Waals surface area contributed by atoms with E-state index in [1.165, 1.54) is 0 Å². The summed E-state index contributed by atoms with van der Waals surface area (Å²) in [5.41, 5.74) is 1.07. The van der Waals surface area contributed by atoms with Crippen LogP contribution < -0.4 is 0 Å². The molecule has 0 spiro atoms. The van der Waals surface area contributed by atoms with Gasteiger partial charge < -0.3 is 9.47 Å². The van der Waals surface area contributed by atoms with Gasteiger partial charge >= 0.3 is 0 Å². The van der Waals surface area contributed by atoms with Gasteiger partial charge in [0.15, 0.2) is 0 Å². The van der Waals surface area contributed by atoms with E-state index in [9.17, 15) is 4.79 Å². The molecule has 1 aromatic heterocycles. The molecule has 2 heterocycles. The Morgan fingerprint density at radius 1 is 1.16 bits per heavy atom. The minimum atomic E-state index is -0.202. The van der Waals surface area contributed by atoms with E-state index in [1.54, 1.807) is 4.90 Å². The zero-order valence-corrected chi connectivity index (χ0v) is 15.3. The second-order valence-corrected chi connectivity index (χ2v) is 6.81. The van der Waals surface area contributed by atoms with E-state index in [1.807, 2.05) is 63.9 Å². The molecule has 1 atom stereocenters. The number of hydrogen-bond acceptors (Lipinski definition) is 4. The number of carbonyl (C=O) groups excluding carboxylic acids is 1. The highest BCUT2D eigenvalue weighted by Crippen LogP contribution is 2.24. The molecule has 1 fully saturated rings. The molecule has 25 heavy (non-hydrogen) atoms. The van der Waals surface area contributed by atoms with Gasteiger partial charge in [-0.25, -0.2) is 4.98 Å². The second-order valence-electron chi connectivity index (χ2n) is 6.81. The molecular formula is C19H27N5O. The number of carbonyl (C=O) groups is 1. The highest BCUT2D eigenvalue weighted by atomic mass is 16.2. The van der Waals surface area contributed by atoms with Crippen LogP contribution in [0.2, 0.25) is 0 Å². The minimum absolute atomic E-state index is 0.142. The number of rotatable bonds is 5. The van der Waals surface area contributed by atoms with Crippen molar-refractivity contribution in [2.75, 3.05) is 40.3 Å². The van der Waals surface area contributed by atoms with Crippen LogP contribution in [0, 0.1) is 0 Å². The van der Waals surface area contributed by atoms with Crippen molar-refractivity contribution in [3.8, 4) is 0 Å². The van der Waals surface area contributed by atoms with Crippen LogP contribution >= 0.6 is 0 Å². The summed E-state index contributed by atoms with van der Waals surface area (Å²) in [4.78, 5) is 23.6. The molecule has 3 rings (SSSR count). The van der Waals surface area contributed by atoms with Crippen LogP contribution in [0.15, 0.2) is 42.7 Å². The molecule has 1 aliphatic rings. The third-order valence-corrected chi connectivity index (χ3v) is 4.85. The van der Waals surface area contributed by atoms with Gasteiger partial charge in [0.05, 0.1) is 6.54 Å². The van der Waals surface area contributed by atoms with Crippen LogP contribution in [0.1, 0.15) is 17.4 Å². The van der Waals surface area contributed by atoms with E-state index in [0.717, 1.165) is 44.1 Å². The summed E-state index contributed by atoms with van der Waals surface area (Å²) >= 11 is 0. The van der Waals surface area contributed by atoms with Crippen molar-refractivity contribution in [2.45, 2.75) is 12.6 Å². The van der Waals surface area contributed by atoms with E-state index in [-0.39, 0.29) is 11.9 Å². The van der Waals surface area contributed by atoms with E-state index in [4.69, 9.17) is 0 Å². The predicted octanol–water partition coefficient (Wildman–Crippen LogP) is 1.37. The van der Waals surface area contributed by atoms with Gasteiger partial charge in [-0.15, -0.1) is 0 Å². The maximum absolute atomic E-state index is 12.8. The Balaban J connectivity index is 1.68. The first kappa shape index (κ1) is 17.6. The fourth-order valence-electron chi connectivity index (χ4n) is 3.32. The highest BCUT2D eigenvalue weighted by molar-refractivity contribution is 5.82. The van der Waals surface area contributed by atoms with E-state index >= 15 is 0 Å². The van der Waals surface area contributed by atoms with Gasteiger partial charge in [-0.2, -0.15) is 0 Å². The molecule has 1 aliphatic heterocycles. The van der Waals surface area contributed by atoms with Crippen LogP contribution in [0.25, 0.3) is 0 Å². The number of benzene rings is 1. The van der Waals surface area contributed by atoms with Crippen molar-refractivity contribution >= 4 is 5.91 Å². The normalized spacial score (nSPS) is 17.4. The topological polar surface area (TPSA) is 44.6 Å². The Bertz CT molecular complexity index is 689. The lowest BCUT2D eigenvalue weighted by Crippen LogP contribution is -2.50. The fourth-order valence-corrected chi connectivity index (χ4v) is 3.32. The van der Waals surface area contributed by atoms with Crippen LogP contribution in [-0.4, -0.2) is 70.4 Å². The van der Waals surface area contributed by atoms with E-state index < -0.39 is 0 Å². The van der Waals surface area contributed by atoms with Gasteiger partial charge in [0.1, 0.15) is 11.9 Å². The molecule has 0 saturated carbocycles. The molecule has 0 bridgehead atoms. The number of piperazine rings is 1. The van der Waals surface area contributed by atoms with Gasteiger partial charge in [0.2, 0.25) is 5.91 Å². The molecule has 0 radical (unpaired) electrons. The smallest absolute Gasteiger partial charge is 0.244 e. The van der Waals surface area contributed by atoms with Crippen molar-refractivity contribution in [2.24, 2.45) is 7.05 Å². The van der Waals surface area contributed by atoms with Crippen molar-refractivity contribution in [1.82, 2.24) is 24.3 Å². The zero-order chi connectivity index (χ0) is 17.8. The van der Waals surface area contributed by atoms with Gasteiger partial charge in [0.25, 0.3) is 0 Å². The van der Waals surface area contributed by atoms with E-state index in [2.05, 4.69) is 19.4 Å². The van der Waals surface area contributed by atoms with Gasteiger partial charge in [-0.05, 0) is 5.56 Å². The first-order valence-electron chi connectivity index (χ1n) is 8.75. The molecule has 1 unspecified atom stereocenters. The number of likely N-dealkylation sites (N-methyl/N-ethyl adjacent to an activating group) is 1. The van der Waals surface area contributed by atoms with Crippen molar-refractivity contribution in [3.63, 3.8) is 0 Å². The fraction of sp³-hybridized carbons (Fsp3) is 0.474. The largest absolute Gasteiger partial charge is 0.347 e. The lowest BCUT2D eigenvalue weighted by Gasteiger charge is -2.39. The summed E-state index contributed by atoms with van der Waals surface area (Å²) in [6.45, 7) is 4.50. The third kappa shape index (κ3) is 4.08. The lowest BCUT2D eigenvalue weighted by atomic mass is 10.0. The maximum atomic E-state index is 12.8. The van der Waals surface area contributed by atoms with Crippen molar-refractivity contribution in [1.29, 1.82) is 0 Å². The molecule has 1 amide bonds. The Labute approximate surface area is 149 Å². The maximum Gasteiger partial charge on any atom is 0.244 e. The lowest BCUT2D eigenvalue weighted by molar-refractivity contribution is -0.135. The van der Waals surface area contributed by atoms with Crippen LogP contribution in [0.3, 0.4) is 0 Å². The number of amides is 1. The van der Waals surface area contributed by atoms with Gasteiger partial charge in [0, 0.05) is 59.7 Å². The highest BCUT2D eigenvalue weighted by Gasteiger charge is 2.31. The predicted molar refractivity (Wildman–Crippen MR) is 97.9 cm³/mol. The molecule has 0 aliphatic carbocycles. The molecule has 0 N–H and O–H groups in total. The Morgan fingerprint density at radius 2 is 1.84 bits per heavy atom. The first-order chi connectivity index (χ1) is 12.1. The summed E-state index contributed by atoms with van der Waals surface area (Å²) in [6, 6.07) is 9.89. The van der Waals surface area contributed by atoms with Crippen LogP contribution in [0.4, 0.5) is 0 Å². The number of nitrogens with zero attached hydrogens (tertiary/aromatic N) is 5. The summed E-state index contributed by atoms with van der Waals surface area (Å²) in [5, 5.41) is 0. The average Bonchev–Trinajstić information content (AvgIpc) is 3.02. The minimum Gasteiger partial charge on any atom is -0.347 e. The third-order valence-electron chi connectivity index (χ3n) is 4.85. The Kier molecular flexibility index (Phi) is 5.50. The first-order valence-corrected chi connectivity index (χ1v) is 8.75. The Hall–Kier alpha value is -2.18. The molecular weight excluding hydrogens is 314 g/mol. The van der Waals surface area contributed by atoms with E-state index in [0.29, 0.717) is 0 Å². The SMILES string of the molecule is CN(C)C(=O)C(c1ccccc1)N1CCN(Cc2nccn2C)CC1. The van der Waals surface area contributed by atoms with Gasteiger partial charge in [-0.3, -0.25) is 14.6 Å². The summed E-state index contributed by atoms with van der Waals surface area (Å²) in [5.74, 6) is 1.22. The standard InChI is InChI=1S/C19H27N5O/c1-21(2)19(25)18(16-7-5-4-6-8-16)24-13-11-23(12-14-24)15-17-20-9-10-22(17)3/h4-10,18H,11-15H2,1-3H3. The zero-order valence-electron chi connectivity index (χ0n) is 15.3. The number of imidazole rings is 1. The van der Waals surface area contributed by atoms with Gasteiger partial charge in [-0.1, -0.05) is 30.3 Å². The summed E-state index contributed by atoms with van der Waals surface area (Å²) in [6.07, 6.45) is 3.82. The quantitative estimate of drug-likeness (QED) is 0.824. The van der Waals surface area contributed by atoms with Crippen LogP contribution in [0.5, 0.6) is 0 Å². The number of hydrogen-bond donors (Lipinski definition) is 0. The second kappa shape index (κ2) is 7.80. The molecule has 6 heteroatoms. The molecule has 2 aromatic rings. The molecule has 134 valence electrons. The number of aromatic nitrogens is 2. The molecule has 6 nitrogen and oxygen atoms in total. The molecule has 1 aromatic carbocycles. The monoisotopic (exact) mass is 341 g/mol. The Morgan fingerprint density at radius 3 is 2.40 bits per heavy atom. The van der Waals surface area contributed by atoms with Crippen LogP contribution in [-0.2, 0) is 18.4 Å². The molecule has 1 saturated heterocycles. The number of aryl methyl sites for hydroxylation is 1. The average molecular weight is 341 g/mol.